The van der Waals surface area contributed by atoms with E-state index in [-0.39, 0.29) is 0 Å². The van der Waals surface area contributed by atoms with E-state index in [0.29, 0.717) is 5.56 Å². The number of Topliss-reactive ketones (excluding diaryl/α,β-unsaturated/α-hetero) is 1. The molecule has 1 unspecified atom stereocenters. The van der Waals surface area contributed by atoms with Gasteiger partial charge < -0.3 is 0 Å². The third-order valence-corrected chi connectivity index (χ3v) is 8.25. The quantitative estimate of drug-likeness (QED) is 0.432. The Balaban J connectivity index is 3.29. The van der Waals surface area contributed by atoms with Gasteiger partial charge in [0.25, 0.3) is 0 Å². The molecule has 6 heteroatoms. The highest BCUT2D eigenvalue weighted by molar-refractivity contribution is 14.1. The van der Waals surface area contributed by atoms with E-state index in [1.54, 1.807) is 53.8 Å². The molecule has 0 saturated heterocycles. The van der Waals surface area contributed by atoms with Gasteiger partial charge >= 0.3 is 0 Å². The Morgan fingerprint density at radius 1 is 1.38 bits per heavy atom. The van der Waals surface area contributed by atoms with Crippen molar-refractivity contribution in [3.63, 3.8) is 0 Å². The van der Waals surface area contributed by atoms with Gasteiger partial charge in [-0.3, -0.25) is 4.79 Å². The second kappa shape index (κ2) is 4.73. The van der Waals surface area contributed by atoms with Crippen LogP contribution in [0, 0.1) is 6.92 Å². The highest BCUT2D eigenvalue weighted by Gasteiger charge is 2.43. The molecule has 0 spiro atoms. The fourth-order valence-corrected chi connectivity index (χ4v) is 2.10. The summed E-state index contributed by atoms with van der Waals surface area (Å²) in [6.45, 7) is 1.77. The van der Waals surface area contributed by atoms with Crippen molar-refractivity contribution < 1.29 is 13.2 Å². The van der Waals surface area contributed by atoms with Gasteiger partial charge in [0.15, 0.2) is 9.84 Å². The van der Waals surface area contributed by atoms with Crippen molar-refractivity contribution in [3.8, 4) is 0 Å². The number of rotatable bonds is 3. The highest BCUT2D eigenvalue weighted by atomic mass is 127. The van der Waals surface area contributed by atoms with E-state index in [4.69, 9.17) is 0 Å². The van der Waals surface area contributed by atoms with E-state index in [2.05, 4.69) is 15.9 Å². The number of alkyl halides is 2. The minimum absolute atomic E-state index is 0.416. The van der Waals surface area contributed by atoms with Crippen LogP contribution >= 0.6 is 38.5 Å². The number of benzene rings is 1. The lowest BCUT2D eigenvalue weighted by Crippen LogP contribution is -2.34. The van der Waals surface area contributed by atoms with Gasteiger partial charge in [0, 0.05) is 11.8 Å². The van der Waals surface area contributed by atoms with Gasteiger partial charge in [-0.05, 0) is 51.0 Å². The predicted molar refractivity (Wildman–Crippen MR) is 76.0 cm³/mol. The zero-order chi connectivity index (χ0) is 12.6. The summed E-state index contributed by atoms with van der Waals surface area (Å²) in [5.74, 6) is -0.450. The molecular formula is C10H10BrIO3S. The predicted octanol–water partition coefficient (Wildman–Crippen LogP) is 2.71. The van der Waals surface area contributed by atoms with Crippen LogP contribution in [0.15, 0.2) is 24.3 Å². The van der Waals surface area contributed by atoms with Gasteiger partial charge in [0.05, 0.1) is 0 Å². The van der Waals surface area contributed by atoms with Crippen LogP contribution in [-0.2, 0) is 9.84 Å². The average molecular weight is 417 g/mol. The largest absolute Gasteiger partial charge is 0.290 e. The van der Waals surface area contributed by atoms with Crippen molar-refractivity contribution in [1.29, 1.82) is 0 Å². The molecular weight excluding hydrogens is 407 g/mol. The Kier molecular flexibility index (Phi) is 4.18. The van der Waals surface area contributed by atoms with Gasteiger partial charge in [0.2, 0.25) is 7.45 Å². The SMILES string of the molecule is Cc1ccccc1C(=O)C(Br)(I)S(C)(=O)=O. The Bertz CT molecular complexity index is 523. The minimum Gasteiger partial charge on any atom is -0.290 e. The van der Waals surface area contributed by atoms with Crippen LogP contribution in [0.3, 0.4) is 0 Å². The lowest BCUT2D eigenvalue weighted by atomic mass is 10.1. The molecule has 88 valence electrons. The van der Waals surface area contributed by atoms with Crippen molar-refractivity contribution in [2.45, 2.75) is 8.59 Å². The number of hydrogen-bond acceptors (Lipinski definition) is 3. The molecule has 1 rings (SSSR count). The molecule has 0 bridgehead atoms. The second-order valence-corrected chi connectivity index (χ2v) is 11.1. The van der Waals surface area contributed by atoms with E-state index >= 15 is 0 Å². The van der Waals surface area contributed by atoms with Crippen LogP contribution in [0.5, 0.6) is 0 Å². The molecule has 16 heavy (non-hydrogen) atoms. The van der Waals surface area contributed by atoms with Crippen LogP contribution in [-0.4, -0.2) is 22.1 Å². The first-order valence-corrected chi connectivity index (χ1v) is 8.12. The molecule has 0 radical (unpaired) electrons. The van der Waals surface area contributed by atoms with E-state index in [9.17, 15) is 13.2 Å². The molecule has 0 saturated carbocycles. The van der Waals surface area contributed by atoms with Gasteiger partial charge in [-0.2, -0.15) is 0 Å². The molecule has 0 aliphatic heterocycles. The zero-order valence-corrected chi connectivity index (χ0v) is 13.3. The van der Waals surface area contributed by atoms with E-state index < -0.39 is 17.3 Å². The molecule has 0 aliphatic carbocycles. The Morgan fingerprint density at radius 2 is 1.88 bits per heavy atom. The number of aryl methyl sites for hydroxylation is 1. The summed E-state index contributed by atoms with van der Waals surface area (Å²) in [7, 11) is -3.51. The average Bonchev–Trinajstić information content (AvgIpc) is 2.15. The molecule has 0 aliphatic rings. The summed E-state index contributed by atoms with van der Waals surface area (Å²) in [6, 6.07) is 6.91. The fraction of sp³-hybridized carbons (Fsp3) is 0.300. The minimum atomic E-state index is -3.51. The highest BCUT2D eigenvalue weighted by Crippen LogP contribution is 2.36. The third-order valence-electron chi connectivity index (χ3n) is 2.12. The summed E-state index contributed by atoms with van der Waals surface area (Å²) in [4.78, 5) is 12.1. The summed E-state index contributed by atoms with van der Waals surface area (Å²) < 4.78 is 21.4. The molecule has 0 N–H and O–H groups in total. The van der Waals surface area contributed by atoms with Crippen LogP contribution in [0.2, 0.25) is 0 Å². The molecule has 0 fully saturated rings. The first-order chi connectivity index (χ1) is 7.18. The maximum atomic E-state index is 12.1. The lowest BCUT2D eigenvalue weighted by molar-refractivity contribution is 0.101. The van der Waals surface area contributed by atoms with Crippen molar-refractivity contribution >= 4 is 54.1 Å². The normalized spacial score (nSPS) is 15.5. The Labute approximate surface area is 117 Å². The monoisotopic (exact) mass is 416 g/mol. The van der Waals surface area contributed by atoms with Crippen LogP contribution in [0.1, 0.15) is 15.9 Å². The van der Waals surface area contributed by atoms with E-state index in [1.807, 2.05) is 0 Å². The van der Waals surface area contributed by atoms with Gasteiger partial charge in [0.1, 0.15) is 0 Å². The Hall–Kier alpha value is 0.0500. The number of ketones is 1. The van der Waals surface area contributed by atoms with Crippen molar-refractivity contribution in [2.24, 2.45) is 0 Å². The van der Waals surface area contributed by atoms with E-state index in [0.717, 1.165) is 11.8 Å². The van der Waals surface area contributed by atoms with Gasteiger partial charge in [-0.15, -0.1) is 0 Å². The summed E-state index contributed by atoms with van der Waals surface area (Å²) >= 11 is 4.60. The summed E-state index contributed by atoms with van der Waals surface area (Å²) in [6.07, 6.45) is 1.03. The molecule has 3 nitrogen and oxygen atoms in total. The van der Waals surface area contributed by atoms with Crippen LogP contribution in [0.25, 0.3) is 0 Å². The molecule has 0 aromatic heterocycles. The number of halogens is 2. The van der Waals surface area contributed by atoms with E-state index in [1.165, 1.54) is 0 Å². The smallest absolute Gasteiger partial charge is 0.238 e. The maximum Gasteiger partial charge on any atom is 0.238 e. The maximum absolute atomic E-state index is 12.1. The second-order valence-electron chi connectivity index (χ2n) is 3.43. The number of carbonyl (C=O) groups excluding carboxylic acids is 1. The number of carbonyl (C=O) groups is 1. The standard InChI is InChI=1S/C10H10BrIO3S/c1-7-5-3-4-6-8(7)9(13)10(11,12)16(2,14)15/h3-6H,1-2H3. The van der Waals surface area contributed by atoms with Gasteiger partial charge in [-0.25, -0.2) is 8.42 Å². The van der Waals surface area contributed by atoms with Crippen molar-refractivity contribution in [3.05, 3.63) is 35.4 Å². The lowest BCUT2D eigenvalue weighted by Gasteiger charge is -2.17. The molecule has 1 aromatic carbocycles. The molecule has 1 atom stereocenters. The number of sulfone groups is 1. The fourth-order valence-electron chi connectivity index (χ4n) is 1.15. The topological polar surface area (TPSA) is 51.2 Å². The van der Waals surface area contributed by atoms with Crippen molar-refractivity contribution in [2.75, 3.05) is 6.26 Å². The first kappa shape index (κ1) is 14.1. The first-order valence-electron chi connectivity index (χ1n) is 4.36. The van der Waals surface area contributed by atoms with Crippen molar-refractivity contribution in [1.82, 2.24) is 0 Å². The third kappa shape index (κ3) is 2.65. The van der Waals surface area contributed by atoms with Gasteiger partial charge in [-0.1, -0.05) is 24.3 Å². The summed E-state index contributed by atoms with van der Waals surface area (Å²) in [5, 5.41) is 0. The summed E-state index contributed by atoms with van der Waals surface area (Å²) in [5.41, 5.74) is 1.18. The Morgan fingerprint density at radius 3 is 2.31 bits per heavy atom. The molecule has 1 aromatic rings. The van der Waals surface area contributed by atoms with Crippen LogP contribution < -0.4 is 0 Å². The number of hydrogen-bond donors (Lipinski definition) is 0. The zero-order valence-electron chi connectivity index (χ0n) is 8.70. The molecule has 0 heterocycles. The molecule has 0 amide bonds. The van der Waals surface area contributed by atoms with Crippen LogP contribution in [0.4, 0.5) is 0 Å².